The summed E-state index contributed by atoms with van der Waals surface area (Å²) in [5.74, 6) is -1.29. The first-order valence-electron chi connectivity index (χ1n) is 7.98. The highest BCUT2D eigenvalue weighted by atomic mass is 19.1. The van der Waals surface area contributed by atoms with Crippen LogP contribution in [-0.4, -0.2) is 60.3 Å². The Morgan fingerprint density at radius 1 is 1.21 bits per heavy atom. The molecule has 0 bridgehead atoms. The normalized spacial score (nSPS) is 13.9. The van der Waals surface area contributed by atoms with E-state index in [1.807, 2.05) is 13.8 Å². The second kappa shape index (κ2) is 8.94. The van der Waals surface area contributed by atoms with Gasteiger partial charge in [-0.2, -0.15) is 0 Å². The SMILES string of the molecule is CC(O)CN(C(=O)NCC(c1c(F)cccc1F)N(C)C)C(C)C. The molecule has 24 heavy (non-hydrogen) atoms. The Bertz CT molecular complexity index is 530. The minimum Gasteiger partial charge on any atom is -0.392 e. The average Bonchev–Trinajstić information content (AvgIpc) is 2.46. The minimum absolute atomic E-state index is 0.0483. The van der Waals surface area contributed by atoms with E-state index in [0.29, 0.717) is 0 Å². The maximum Gasteiger partial charge on any atom is 0.317 e. The Labute approximate surface area is 142 Å². The lowest BCUT2D eigenvalue weighted by atomic mass is 10.0. The third-order valence-electron chi connectivity index (χ3n) is 3.75. The van der Waals surface area contributed by atoms with Gasteiger partial charge >= 0.3 is 6.03 Å². The monoisotopic (exact) mass is 343 g/mol. The van der Waals surface area contributed by atoms with Crippen molar-refractivity contribution in [3.8, 4) is 0 Å². The van der Waals surface area contributed by atoms with Gasteiger partial charge in [0.1, 0.15) is 11.6 Å². The Morgan fingerprint density at radius 2 is 1.75 bits per heavy atom. The molecule has 0 aliphatic rings. The second-order valence-corrected chi connectivity index (χ2v) is 6.40. The van der Waals surface area contributed by atoms with Gasteiger partial charge in [0, 0.05) is 24.7 Å². The Hall–Kier alpha value is -1.73. The molecule has 0 fully saturated rings. The number of benzene rings is 1. The molecule has 0 saturated carbocycles. The number of urea groups is 1. The fourth-order valence-electron chi connectivity index (χ4n) is 2.47. The molecule has 0 aliphatic heterocycles. The fraction of sp³-hybridized carbons (Fsp3) is 0.588. The third-order valence-corrected chi connectivity index (χ3v) is 3.75. The maximum atomic E-state index is 14.0. The fourth-order valence-corrected chi connectivity index (χ4v) is 2.47. The van der Waals surface area contributed by atoms with Crippen molar-refractivity contribution < 1.29 is 18.7 Å². The van der Waals surface area contributed by atoms with Gasteiger partial charge in [-0.3, -0.25) is 0 Å². The largest absolute Gasteiger partial charge is 0.392 e. The zero-order valence-corrected chi connectivity index (χ0v) is 14.9. The number of hydrogen-bond acceptors (Lipinski definition) is 3. The quantitative estimate of drug-likeness (QED) is 0.799. The summed E-state index contributed by atoms with van der Waals surface area (Å²) in [6.45, 7) is 5.50. The van der Waals surface area contributed by atoms with Crippen LogP contribution in [0.2, 0.25) is 0 Å². The van der Waals surface area contributed by atoms with Crippen molar-refractivity contribution in [3.63, 3.8) is 0 Å². The Morgan fingerprint density at radius 3 is 2.17 bits per heavy atom. The molecule has 2 N–H and O–H groups in total. The summed E-state index contributed by atoms with van der Waals surface area (Å²) in [5, 5.41) is 12.2. The molecule has 1 aromatic rings. The van der Waals surface area contributed by atoms with Gasteiger partial charge in [-0.25, -0.2) is 13.6 Å². The summed E-state index contributed by atoms with van der Waals surface area (Å²) in [6.07, 6.45) is -0.660. The van der Waals surface area contributed by atoms with E-state index in [1.165, 1.54) is 23.1 Å². The lowest BCUT2D eigenvalue weighted by molar-refractivity contribution is 0.117. The molecule has 2 atom stereocenters. The first-order chi connectivity index (χ1) is 11.1. The molecule has 5 nitrogen and oxygen atoms in total. The number of nitrogens with one attached hydrogen (secondary N) is 1. The van der Waals surface area contributed by atoms with Crippen LogP contribution in [0.25, 0.3) is 0 Å². The van der Waals surface area contributed by atoms with Gasteiger partial charge in [-0.05, 0) is 47.0 Å². The number of nitrogens with zero attached hydrogens (tertiary/aromatic N) is 2. The molecule has 1 rings (SSSR count). The van der Waals surface area contributed by atoms with Crippen LogP contribution in [0.5, 0.6) is 0 Å². The van der Waals surface area contributed by atoms with E-state index in [0.717, 1.165) is 0 Å². The maximum absolute atomic E-state index is 14.0. The highest BCUT2D eigenvalue weighted by Gasteiger charge is 2.25. The van der Waals surface area contributed by atoms with E-state index >= 15 is 0 Å². The lowest BCUT2D eigenvalue weighted by Crippen LogP contribution is -2.48. The zero-order chi connectivity index (χ0) is 18.4. The number of carbonyl (C=O) groups excluding carboxylic acids is 1. The van der Waals surface area contributed by atoms with Gasteiger partial charge in [0.25, 0.3) is 0 Å². The topological polar surface area (TPSA) is 55.8 Å². The van der Waals surface area contributed by atoms with Gasteiger partial charge in [-0.15, -0.1) is 0 Å². The molecule has 0 aromatic heterocycles. The van der Waals surface area contributed by atoms with Gasteiger partial charge in [0.15, 0.2) is 0 Å². The van der Waals surface area contributed by atoms with E-state index in [4.69, 9.17) is 0 Å². The van der Waals surface area contributed by atoms with Crippen molar-refractivity contribution in [2.45, 2.75) is 39.0 Å². The molecular weight excluding hydrogens is 316 g/mol. The zero-order valence-electron chi connectivity index (χ0n) is 14.9. The smallest absolute Gasteiger partial charge is 0.317 e. The highest BCUT2D eigenvalue weighted by Crippen LogP contribution is 2.24. The van der Waals surface area contributed by atoms with Gasteiger partial charge in [-0.1, -0.05) is 6.07 Å². The molecule has 0 spiro atoms. The molecule has 1 aromatic carbocycles. The van der Waals surface area contributed by atoms with Crippen molar-refractivity contribution in [2.24, 2.45) is 0 Å². The number of aliphatic hydroxyl groups excluding tert-OH is 1. The summed E-state index contributed by atoms with van der Waals surface area (Å²) in [7, 11) is 3.39. The number of likely N-dealkylation sites (N-methyl/N-ethyl adjacent to an activating group) is 1. The number of carbonyl (C=O) groups is 1. The second-order valence-electron chi connectivity index (χ2n) is 6.40. The van der Waals surface area contributed by atoms with E-state index in [-0.39, 0.29) is 30.7 Å². The molecule has 0 aliphatic carbocycles. The number of amides is 2. The van der Waals surface area contributed by atoms with Crippen LogP contribution in [0.15, 0.2) is 18.2 Å². The van der Waals surface area contributed by atoms with Crippen LogP contribution in [-0.2, 0) is 0 Å². The van der Waals surface area contributed by atoms with Crippen LogP contribution in [0, 0.1) is 11.6 Å². The van der Waals surface area contributed by atoms with Crippen LogP contribution in [0.3, 0.4) is 0 Å². The van der Waals surface area contributed by atoms with Gasteiger partial charge in [0.05, 0.1) is 12.1 Å². The standard InChI is InChI=1S/C17H27F2N3O2/c1-11(2)22(10-12(3)23)17(24)20-9-15(21(4)5)16-13(18)7-6-8-14(16)19/h6-8,11-12,15,23H,9-10H2,1-5H3,(H,20,24). The van der Waals surface area contributed by atoms with Crippen molar-refractivity contribution in [1.82, 2.24) is 15.1 Å². The molecule has 2 unspecified atom stereocenters. The number of rotatable bonds is 7. The molecule has 136 valence electrons. The van der Waals surface area contributed by atoms with Crippen LogP contribution in [0.4, 0.5) is 13.6 Å². The van der Waals surface area contributed by atoms with Crippen molar-refractivity contribution in [3.05, 3.63) is 35.4 Å². The molecule has 7 heteroatoms. The summed E-state index contributed by atoms with van der Waals surface area (Å²) in [5.41, 5.74) is -0.0746. The molecule has 0 saturated heterocycles. The summed E-state index contributed by atoms with van der Waals surface area (Å²) in [4.78, 5) is 15.5. The summed E-state index contributed by atoms with van der Waals surface area (Å²) < 4.78 is 28.0. The number of halogens is 2. The van der Waals surface area contributed by atoms with E-state index in [9.17, 15) is 18.7 Å². The van der Waals surface area contributed by atoms with Crippen LogP contribution >= 0.6 is 0 Å². The van der Waals surface area contributed by atoms with E-state index < -0.39 is 23.8 Å². The molecule has 0 heterocycles. The molecule has 0 radical (unpaired) electrons. The lowest BCUT2D eigenvalue weighted by Gasteiger charge is -2.31. The number of hydrogen-bond donors (Lipinski definition) is 2. The summed E-state index contributed by atoms with van der Waals surface area (Å²) in [6, 6.07) is 2.57. The first kappa shape index (κ1) is 20.3. The predicted octanol–water partition coefficient (Wildman–Crippen LogP) is 2.37. The van der Waals surface area contributed by atoms with Crippen molar-refractivity contribution >= 4 is 6.03 Å². The van der Waals surface area contributed by atoms with Gasteiger partial charge in [0.2, 0.25) is 0 Å². The predicted molar refractivity (Wildman–Crippen MR) is 89.7 cm³/mol. The summed E-state index contributed by atoms with van der Waals surface area (Å²) >= 11 is 0. The first-order valence-corrected chi connectivity index (χ1v) is 7.98. The number of aliphatic hydroxyl groups is 1. The van der Waals surface area contributed by atoms with Gasteiger partial charge < -0.3 is 20.2 Å². The third kappa shape index (κ3) is 5.42. The molecule has 2 amide bonds. The molecular formula is C17H27F2N3O2. The van der Waals surface area contributed by atoms with Crippen molar-refractivity contribution in [2.75, 3.05) is 27.2 Å². The van der Waals surface area contributed by atoms with Crippen LogP contribution < -0.4 is 5.32 Å². The minimum atomic E-state index is -0.660. The van der Waals surface area contributed by atoms with Crippen LogP contribution in [0.1, 0.15) is 32.4 Å². The van der Waals surface area contributed by atoms with E-state index in [1.54, 1.807) is 25.9 Å². The van der Waals surface area contributed by atoms with E-state index in [2.05, 4.69) is 5.32 Å². The van der Waals surface area contributed by atoms with Crippen molar-refractivity contribution in [1.29, 1.82) is 0 Å². The average molecular weight is 343 g/mol. The highest BCUT2D eigenvalue weighted by molar-refractivity contribution is 5.74. The Kier molecular flexibility index (Phi) is 7.57. The Balaban J connectivity index is 2.89.